The number of hydrogen-bond donors (Lipinski definition) is 3. The quantitative estimate of drug-likeness (QED) is 0.0571. The first-order chi connectivity index (χ1) is 18.5. The molecule has 0 aliphatic carbocycles. The summed E-state index contributed by atoms with van der Waals surface area (Å²) in [4.78, 5) is 61.3. The van der Waals surface area contributed by atoms with Crippen LogP contribution in [0.3, 0.4) is 0 Å². The molecule has 0 bridgehead atoms. The number of aliphatic hydroxyl groups is 1. The van der Waals surface area contributed by atoms with Crippen molar-refractivity contribution >= 4 is 41.3 Å². The van der Waals surface area contributed by atoms with E-state index in [4.69, 9.17) is 28.0 Å². The van der Waals surface area contributed by atoms with Crippen LogP contribution < -0.4 is 11.2 Å². The van der Waals surface area contributed by atoms with E-state index in [1.807, 2.05) is 4.98 Å². The van der Waals surface area contributed by atoms with Crippen molar-refractivity contribution in [1.82, 2.24) is 9.55 Å². The van der Waals surface area contributed by atoms with Gasteiger partial charge in [-0.1, -0.05) is 21.6 Å². The van der Waals surface area contributed by atoms with E-state index in [1.54, 1.807) is 6.26 Å². The van der Waals surface area contributed by atoms with Crippen LogP contribution in [-0.4, -0.2) is 95.1 Å². The van der Waals surface area contributed by atoms with Crippen LogP contribution in [-0.2, 0) is 42.1 Å². The molecular formula is C20H30FN2O13PS2. The number of carbonyl (C=O) groups excluding carboxylic acids is 2. The first-order valence-corrected chi connectivity index (χ1v) is 15.6. The summed E-state index contributed by atoms with van der Waals surface area (Å²) in [6.07, 6.45) is -4.82. The minimum atomic E-state index is -5.28. The third kappa shape index (κ3) is 8.61. The number of phosphoric ester groups is 1. The molecule has 0 saturated carbocycles. The van der Waals surface area contributed by atoms with E-state index in [0.29, 0.717) is 4.57 Å². The van der Waals surface area contributed by atoms with Gasteiger partial charge < -0.3 is 28.9 Å². The van der Waals surface area contributed by atoms with Crippen LogP contribution in [0.1, 0.15) is 20.1 Å². The number of aromatic nitrogens is 2. The van der Waals surface area contributed by atoms with Crippen molar-refractivity contribution in [1.29, 1.82) is 0 Å². The number of carbonyl (C=O) groups is 2. The van der Waals surface area contributed by atoms with Gasteiger partial charge in [-0.2, -0.15) is 0 Å². The molecule has 1 aromatic rings. The second-order valence-electron chi connectivity index (χ2n) is 7.80. The van der Waals surface area contributed by atoms with Crippen molar-refractivity contribution in [2.75, 3.05) is 45.2 Å². The predicted octanol–water partition coefficient (Wildman–Crippen LogP) is 0.365. The number of ether oxygens (including phenoxy) is 4. The molecule has 1 aliphatic heterocycles. The molecule has 0 radical (unpaired) electrons. The predicted molar refractivity (Wildman–Crippen MR) is 135 cm³/mol. The molecule has 3 N–H and O–H groups in total. The number of halogens is 1. The zero-order valence-electron chi connectivity index (χ0n) is 21.2. The van der Waals surface area contributed by atoms with Crippen LogP contribution >= 0.6 is 29.4 Å². The summed E-state index contributed by atoms with van der Waals surface area (Å²) in [7, 11) is -2.69. The average molecular weight is 621 g/mol. The topological polar surface area (TPSA) is 202 Å². The van der Waals surface area contributed by atoms with E-state index >= 15 is 4.39 Å². The van der Waals surface area contributed by atoms with Gasteiger partial charge in [0.15, 0.2) is 12.4 Å². The zero-order chi connectivity index (χ0) is 29.2. The number of aliphatic hydroxyl groups excluding tert-OH is 1. The number of H-pyrrole nitrogens is 1. The van der Waals surface area contributed by atoms with Crippen molar-refractivity contribution in [2.24, 2.45) is 5.41 Å². The number of nitrogens with zero attached hydrogens (tertiary/aromatic N) is 1. The van der Waals surface area contributed by atoms with Gasteiger partial charge in [0, 0.05) is 12.3 Å². The fourth-order valence-corrected chi connectivity index (χ4v) is 5.14. The lowest BCUT2D eigenvalue weighted by Crippen LogP contribution is -2.49. The van der Waals surface area contributed by atoms with Gasteiger partial charge in [-0.25, -0.2) is 13.8 Å². The fourth-order valence-electron chi connectivity index (χ4n) is 3.39. The van der Waals surface area contributed by atoms with Gasteiger partial charge >= 0.3 is 25.5 Å². The number of rotatable bonds is 16. The number of esters is 2. The monoisotopic (exact) mass is 620 g/mol. The number of hydrogen-bond acceptors (Lipinski definition) is 14. The maximum Gasteiger partial charge on any atom is 0.472 e. The Morgan fingerprint density at radius 3 is 2.41 bits per heavy atom. The van der Waals surface area contributed by atoms with Crippen molar-refractivity contribution in [3.63, 3.8) is 0 Å². The summed E-state index contributed by atoms with van der Waals surface area (Å²) >= 11 is 0. The van der Waals surface area contributed by atoms with E-state index in [9.17, 15) is 33.7 Å². The molecule has 19 heteroatoms. The third-order valence-corrected chi connectivity index (χ3v) is 7.69. The zero-order valence-corrected chi connectivity index (χ0v) is 23.7. The Bertz CT molecular complexity index is 1120. The summed E-state index contributed by atoms with van der Waals surface area (Å²) in [5, 5.41) is 9.62. The van der Waals surface area contributed by atoms with Gasteiger partial charge in [0.25, 0.3) is 5.56 Å². The minimum absolute atomic E-state index is 0.0294. The van der Waals surface area contributed by atoms with E-state index < -0.39 is 80.9 Å². The second-order valence-corrected chi connectivity index (χ2v) is 11.7. The van der Waals surface area contributed by atoms with E-state index in [0.717, 1.165) is 12.3 Å². The molecule has 1 fully saturated rings. The highest BCUT2D eigenvalue weighted by atomic mass is 33.1. The fraction of sp³-hybridized carbons (Fsp3) is 0.700. The van der Waals surface area contributed by atoms with Crippen molar-refractivity contribution in [3.8, 4) is 0 Å². The molecule has 0 spiro atoms. The molecular weight excluding hydrogens is 590 g/mol. The maximum absolute atomic E-state index is 15.3. The molecule has 2 heterocycles. The van der Waals surface area contributed by atoms with Gasteiger partial charge in [-0.15, -0.1) is 0 Å². The van der Waals surface area contributed by atoms with E-state index in [-0.39, 0.29) is 19.2 Å². The highest BCUT2D eigenvalue weighted by molar-refractivity contribution is 8.76. The Kier molecular flexibility index (Phi) is 13.1. The van der Waals surface area contributed by atoms with E-state index in [2.05, 4.69) is 0 Å². The summed E-state index contributed by atoms with van der Waals surface area (Å²) in [5.41, 5.74) is -4.13. The Morgan fingerprint density at radius 2 is 1.87 bits per heavy atom. The number of phosphoric acid groups is 1. The Balaban J connectivity index is 2.27. The largest absolute Gasteiger partial charge is 0.472 e. The number of aromatic amines is 1. The average Bonchev–Trinajstić information content (AvgIpc) is 3.18. The summed E-state index contributed by atoms with van der Waals surface area (Å²) in [5.74, 6) is -2.28. The summed E-state index contributed by atoms with van der Waals surface area (Å²) in [6.45, 7) is -0.0127. The molecule has 3 unspecified atom stereocenters. The van der Waals surface area contributed by atoms with Crippen LogP contribution in [0, 0.1) is 5.41 Å². The molecule has 0 amide bonds. The Morgan fingerprint density at radius 1 is 1.23 bits per heavy atom. The van der Waals surface area contributed by atoms with Gasteiger partial charge in [0.1, 0.15) is 18.1 Å². The smallest absolute Gasteiger partial charge is 0.465 e. The van der Waals surface area contributed by atoms with Crippen LogP contribution in [0.4, 0.5) is 4.39 Å². The van der Waals surface area contributed by atoms with Crippen molar-refractivity contribution in [2.45, 2.75) is 38.5 Å². The maximum atomic E-state index is 15.3. The van der Waals surface area contributed by atoms with Crippen molar-refractivity contribution < 1.29 is 56.5 Å². The van der Waals surface area contributed by atoms with Crippen LogP contribution in [0.2, 0.25) is 0 Å². The van der Waals surface area contributed by atoms with Gasteiger partial charge in [-0.3, -0.25) is 33.0 Å². The lowest BCUT2D eigenvalue weighted by molar-refractivity contribution is -0.179. The molecule has 39 heavy (non-hydrogen) atoms. The standard InChI is InChI=1S/C20H30FN2O13PS2/c1-4-32-17(26)20(18(27)33-5-2,9-31-11-39-38-3)10-34-37(29,30)36-15-12(8-24)35-16(14(15)21)23-7-6-13(25)22-19(23)28/h6-7,12,14-16,24H,4-5,8-11H2,1-3H3,(H,29,30)(H,22,25,28)/t12-,14?,15?,16-/m1/s1. The van der Waals surface area contributed by atoms with Crippen LogP contribution in [0.15, 0.2) is 21.9 Å². The van der Waals surface area contributed by atoms with Gasteiger partial charge in [0.2, 0.25) is 5.41 Å². The molecule has 1 aromatic heterocycles. The van der Waals surface area contributed by atoms with Crippen molar-refractivity contribution in [3.05, 3.63) is 33.1 Å². The Hall–Kier alpha value is -1.76. The first kappa shape index (κ1) is 33.4. The summed E-state index contributed by atoms with van der Waals surface area (Å²) in [6, 6.07) is 0.920. The lowest BCUT2D eigenvalue weighted by atomic mass is 9.90. The summed E-state index contributed by atoms with van der Waals surface area (Å²) < 4.78 is 59.3. The van der Waals surface area contributed by atoms with Gasteiger partial charge in [0.05, 0.1) is 33.0 Å². The van der Waals surface area contributed by atoms with Gasteiger partial charge in [-0.05, 0) is 20.1 Å². The highest BCUT2D eigenvalue weighted by Crippen LogP contribution is 2.50. The minimum Gasteiger partial charge on any atom is -0.465 e. The second kappa shape index (κ2) is 15.3. The van der Waals surface area contributed by atoms with Crippen LogP contribution in [0.25, 0.3) is 0 Å². The SMILES string of the molecule is CCOC(=O)C(COCSSC)(COP(=O)(O)OC1C(F)[C@H](n2ccc(=O)[nH]c2=O)O[C@@H]1CO)C(=O)OCC. The molecule has 5 atom stereocenters. The molecule has 2 rings (SSSR count). The number of nitrogens with one attached hydrogen (secondary N) is 1. The highest BCUT2D eigenvalue weighted by Gasteiger charge is 2.54. The third-order valence-electron chi connectivity index (χ3n) is 5.23. The Labute approximate surface area is 229 Å². The normalized spacial score (nSPS) is 22.8. The molecule has 15 nitrogen and oxygen atoms in total. The molecule has 0 aromatic carbocycles. The molecule has 222 valence electrons. The van der Waals surface area contributed by atoms with Crippen LogP contribution in [0.5, 0.6) is 0 Å². The lowest BCUT2D eigenvalue weighted by Gasteiger charge is -2.29. The first-order valence-electron chi connectivity index (χ1n) is 11.4. The molecule has 1 aliphatic rings. The molecule has 1 saturated heterocycles. The van der Waals surface area contributed by atoms with E-state index in [1.165, 1.54) is 35.4 Å². The number of alkyl halides is 1.